The van der Waals surface area contributed by atoms with E-state index in [1.165, 1.54) is 12.1 Å². The number of aromatic nitrogens is 2. The van der Waals surface area contributed by atoms with E-state index in [2.05, 4.69) is 22.4 Å². The quantitative estimate of drug-likeness (QED) is 0.739. The normalized spacial score (nSPS) is 19.9. The molecule has 33 heavy (non-hydrogen) atoms. The van der Waals surface area contributed by atoms with Crippen LogP contribution in [0.25, 0.3) is 0 Å². The SMILES string of the molecule is CCn1nc(C(=O)N2CCCN(C)CC2)c2c1CCC(NCc1cccc(C(F)(F)F)c1)C2. The number of amides is 1. The van der Waals surface area contributed by atoms with Crippen molar-refractivity contribution in [2.75, 3.05) is 33.2 Å². The molecule has 6 nitrogen and oxygen atoms in total. The minimum Gasteiger partial charge on any atom is -0.336 e. The Hall–Kier alpha value is -2.39. The Bertz CT molecular complexity index is 987. The lowest BCUT2D eigenvalue weighted by atomic mass is 9.90. The lowest BCUT2D eigenvalue weighted by Crippen LogP contribution is -2.37. The Morgan fingerprint density at radius 3 is 2.79 bits per heavy atom. The fourth-order valence-corrected chi connectivity index (χ4v) is 4.81. The van der Waals surface area contributed by atoms with Crippen molar-refractivity contribution in [1.29, 1.82) is 0 Å². The van der Waals surface area contributed by atoms with Crippen LogP contribution in [0.1, 0.15) is 52.6 Å². The highest BCUT2D eigenvalue weighted by molar-refractivity contribution is 5.94. The average Bonchev–Trinajstić information content (AvgIpc) is 3.02. The summed E-state index contributed by atoms with van der Waals surface area (Å²) in [5.74, 6) is -0.00715. The summed E-state index contributed by atoms with van der Waals surface area (Å²) in [6.45, 7) is 6.35. The molecule has 1 fully saturated rings. The summed E-state index contributed by atoms with van der Waals surface area (Å²) >= 11 is 0. The molecule has 0 bridgehead atoms. The number of carbonyl (C=O) groups excluding carboxylic acids is 1. The van der Waals surface area contributed by atoms with E-state index in [-0.39, 0.29) is 11.9 Å². The molecule has 1 unspecified atom stereocenters. The number of hydrogen-bond acceptors (Lipinski definition) is 4. The van der Waals surface area contributed by atoms with Crippen molar-refractivity contribution in [3.05, 3.63) is 52.3 Å². The molecule has 1 aromatic carbocycles. The first-order chi connectivity index (χ1) is 15.8. The first kappa shape index (κ1) is 23.8. The molecule has 4 rings (SSSR count). The predicted octanol–water partition coefficient (Wildman–Crippen LogP) is 3.35. The van der Waals surface area contributed by atoms with E-state index in [4.69, 9.17) is 0 Å². The maximum absolute atomic E-state index is 13.4. The van der Waals surface area contributed by atoms with Crippen LogP contribution in [0.2, 0.25) is 0 Å². The zero-order valence-corrected chi connectivity index (χ0v) is 19.3. The molecule has 1 saturated heterocycles. The van der Waals surface area contributed by atoms with E-state index < -0.39 is 11.7 Å². The molecule has 0 spiro atoms. The molecule has 2 aliphatic rings. The zero-order valence-electron chi connectivity index (χ0n) is 19.3. The molecule has 2 aromatic rings. The summed E-state index contributed by atoms with van der Waals surface area (Å²) in [7, 11) is 2.07. The van der Waals surface area contributed by atoms with Gasteiger partial charge in [0.2, 0.25) is 0 Å². The van der Waals surface area contributed by atoms with E-state index in [1.54, 1.807) is 6.07 Å². The molecule has 0 radical (unpaired) electrons. The molecule has 180 valence electrons. The van der Waals surface area contributed by atoms with Gasteiger partial charge in [-0.15, -0.1) is 0 Å². The molecular weight excluding hydrogens is 431 g/mol. The highest BCUT2D eigenvalue weighted by atomic mass is 19.4. The van der Waals surface area contributed by atoms with Crippen LogP contribution in [0.4, 0.5) is 13.2 Å². The van der Waals surface area contributed by atoms with E-state index in [9.17, 15) is 18.0 Å². The Kier molecular flexibility index (Phi) is 7.09. The van der Waals surface area contributed by atoms with Gasteiger partial charge >= 0.3 is 6.18 Å². The van der Waals surface area contributed by atoms with Crippen molar-refractivity contribution in [2.24, 2.45) is 0 Å². The highest BCUT2D eigenvalue weighted by Crippen LogP contribution is 2.30. The van der Waals surface area contributed by atoms with E-state index in [0.717, 1.165) is 56.2 Å². The zero-order chi connectivity index (χ0) is 23.6. The first-order valence-corrected chi connectivity index (χ1v) is 11.7. The minimum atomic E-state index is -4.35. The van der Waals surface area contributed by atoms with Gasteiger partial charge in [0.25, 0.3) is 5.91 Å². The third kappa shape index (κ3) is 5.41. The third-order valence-electron chi connectivity index (χ3n) is 6.70. The van der Waals surface area contributed by atoms with E-state index in [0.29, 0.717) is 37.3 Å². The molecular formula is C24H32F3N5O. The summed E-state index contributed by atoms with van der Waals surface area (Å²) in [6.07, 6.45) is -1.09. The number of alkyl halides is 3. The number of fused-ring (bicyclic) bond motifs is 1. The minimum absolute atomic E-state index is 0.00715. The van der Waals surface area contributed by atoms with Gasteiger partial charge in [-0.05, 0) is 57.8 Å². The van der Waals surface area contributed by atoms with Gasteiger partial charge in [0.15, 0.2) is 5.69 Å². The Morgan fingerprint density at radius 1 is 1.21 bits per heavy atom. The van der Waals surface area contributed by atoms with Crippen molar-refractivity contribution in [3.8, 4) is 0 Å². The largest absolute Gasteiger partial charge is 0.416 e. The van der Waals surface area contributed by atoms with Crippen molar-refractivity contribution in [3.63, 3.8) is 0 Å². The van der Waals surface area contributed by atoms with Gasteiger partial charge in [-0.1, -0.05) is 18.2 Å². The second-order valence-corrected chi connectivity index (χ2v) is 9.06. The van der Waals surface area contributed by atoms with Gasteiger partial charge in [0.05, 0.1) is 5.56 Å². The van der Waals surface area contributed by atoms with Gasteiger partial charge in [-0.3, -0.25) is 9.48 Å². The average molecular weight is 464 g/mol. The first-order valence-electron chi connectivity index (χ1n) is 11.7. The molecule has 1 atom stereocenters. The number of nitrogens with one attached hydrogen (secondary N) is 1. The highest BCUT2D eigenvalue weighted by Gasteiger charge is 2.32. The van der Waals surface area contributed by atoms with Crippen molar-refractivity contribution >= 4 is 5.91 Å². The lowest BCUT2D eigenvalue weighted by molar-refractivity contribution is -0.137. The molecule has 1 aliphatic heterocycles. The monoisotopic (exact) mass is 463 g/mol. The Balaban J connectivity index is 1.48. The van der Waals surface area contributed by atoms with Crippen molar-refractivity contribution in [2.45, 2.75) is 57.9 Å². The van der Waals surface area contributed by atoms with Gasteiger partial charge in [0.1, 0.15) is 0 Å². The van der Waals surface area contributed by atoms with Crippen LogP contribution in [-0.2, 0) is 32.1 Å². The lowest BCUT2D eigenvalue weighted by Gasteiger charge is -2.25. The van der Waals surface area contributed by atoms with Crippen molar-refractivity contribution < 1.29 is 18.0 Å². The number of likely N-dealkylation sites (N-methyl/N-ethyl adjacent to an activating group) is 1. The Morgan fingerprint density at radius 2 is 2.03 bits per heavy atom. The number of carbonyl (C=O) groups is 1. The van der Waals surface area contributed by atoms with Crippen LogP contribution >= 0.6 is 0 Å². The molecule has 1 N–H and O–H groups in total. The summed E-state index contributed by atoms with van der Waals surface area (Å²) in [6, 6.07) is 5.52. The van der Waals surface area contributed by atoms with Crippen LogP contribution in [0.3, 0.4) is 0 Å². The number of rotatable bonds is 5. The number of benzene rings is 1. The third-order valence-corrected chi connectivity index (χ3v) is 6.70. The second-order valence-electron chi connectivity index (χ2n) is 9.06. The summed E-state index contributed by atoms with van der Waals surface area (Å²) in [4.78, 5) is 17.5. The van der Waals surface area contributed by atoms with Crippen LogP contribution in [0, 0.1) is 0 Å². The van der Waals surface area contributed by atoms with Gasteiger partial charge in [-0.2, -0.15) is 18.3 Å². The van der Waals surface area contributed by atoms with Crippen LogP contribution in [0.15, 0.2) is 24.3 Å². The van der Waals surface area contributed by atoms with Gasteiger partial charge in [0, 0.05) is 50.0 Å². The molecule has 0 saturated carbocycles. The van der Waals surface area contributed by atoms with E-state index in [1.807, 2.05) is 16.5 Å². The number of nitrogens with zero attached hydrogens (tertiary/aromatic N) is 4. The van der Waals surface area contributed by atoms with Gasteiger partial charge in [-0.25, -0.2) is 0 Å². The number of hydrogen-bond donors (Lipinski definition) is 1. The Labute approximate surface area is 192 Å². The van der Waals surface area contributed by atoms with Crippen LogP contribution < -0.4 is 5.32 Å². The molecule has 9 heteroatoms. The molecule has 1 aliphatic carbocycles. The molecule has 2 heterocycles. The number of aryl methyl sites for hydroxylation is 1. The summed E-state index contributed by atoms with van der Waals surface area (Å²) in [5, 5.41) is 8.10. The van der Waals surface area contributed by atoms with E-state index >= 15 is 0 Å². The fraction of sp³-hybridized carbons (Fsp3) is 0.583. The fourth-order valence-electron chi connectivity index (χ4n) is 4.81. The standard InChI is InChI=1S/C24H32F3N5O/c1-3-32-21-9-8-19(28-16-17-6-4-7-18(14-17)24(25,26)27)15-20(21)22(29-32)23(33)31-11-5-10-30(2)12-13-31/h4,6-7,14,19,28H,3,5,8-13,15-16H2,1-2H3. The summed E-state index contributed by atoms with van der Waals surface area (Å²) in [5.41, 5.74) is 2.62. The number of halogens is 3. The topological polar surface area (TPSA) is 53.4 Å². The van der Waals surface area contributed by atoms with Crippen molar-refractivity contribution in [1.82, 2.24) is 24.9 Å². The molecule has 1 aromatic heterocycles. The predicted molar refractivity (Wildman–Crippen MR) is 120 cm³/mol. The second kappa shape index (κ2) is 9.85. The maximum Gasteiger partial charge on any atom is 0.416 e. The van der Waals surface area contributed by atoms with Gasteiger partial charge < -0.3 is 15.1 Å². The smallest absolute Gasteiger partial charge is 0.336 e. The maximum atomic E-state index is 13.4. The molecule has 1 amide bonds. The van der Waals surface area contributed by atoms with Crippen LogP contribution in [-0.4, -0.2) is 64.8 Å². The van der Waals surface area contributed by atoms with Crippen LogP contribution in [0.5, 0.6) is 0 Å². The summed E-state index contributed by atoms with van der Waals surface area (Å²) < 4.78 is 41.0.